The number of carbonyl (C=O) groups excluding carboxylic acids is 1. The lowest BCUT2D eigenvalue weighted by Crippen LogP contribution is -2.22. The molecule has 0 aliphatic carbocycles. The maximum atomic E-state index is 12.7. The van der Waals surface area contributed by atoms with E-state index in [1.807, 2.05) is 48.5 Å². The third-order valence-electron chi connectivity index (χ3n) is 6.18. The lowest BCUT2D eigenvalue weighted by atomic mass is 10.00. The van der Waals surface area contributed by atoms with Crippen molar-refractivity contribution < 1.29 is 9.21 Å². The predicted octanol–water partition coefficient (Wildman–Crippen LogP) is 7.09. The van der Waals surface area contributed by atoms with Gasteiger partial charge in [0.2, 0.25) is 5.89 Å². The van der Waals surface area contributed by atoms with Crippen LogP contribution in [0.3, 0.4) is 0 Å². The van der Waals surface area contributed by atoms with E-state index in [0.29, 0.717) is 34.7 Å². The number of hydrogen-bond donors (Lipinski definition) is 1. The van der Waals surface area contributed by atoms with Crippen LogP contribution in [-0.4, -0.2) is 10.9 Å². The Morgan fingerprint density at radius 3 is 2.25 bits per heavy atom. The minimum Gasteiger partial charge on any atom is -0.436 e. The first-order valence-corrected chi connectivity index (χ1v) is 11.9. The molecular formula is C31H25N3O2. The first kappa shape index (κ1) is 23.1. The Kier molecular flexibility index (Phi) is 6.34. The van der Waals surface area contributed by atoms with Crippen LogP contribution in [0.15, 0.2) is 95.4 Å². The van der Waals surface area contributed by atoms with E-state index >= 15 is 0 Å². The van der Waals surface area contributed by atoms with Gasteiger partial charge in [0, 0.05) is 23.2 Å². The van der Waals surface area contributed by atoms with Crippen LogP contribution in [0.5, 0.6) is 0 Å². The van der Waals surface area contributed by atoms with Crippen molar-refractivity contribution in [3.05, 3.63) is 113 Å². The molecule has 1 aromatic heterocycles. The van der Waals surface area contributed by atoms with Crippen LogP contribution in [0, 0.1) is 11.3 Å². The minimum atomic E-state index is -0.146. The first-order valence-electron chi connectivity index (χ1n) is 11.9. The molecule has 0 fully saturated rings. The largest absolute Gasteiger partial charge is 0.436 e. The van der Waals surface area contributed by atoms with E-state index in [4.69, 9.17) is 4.42 Å². The molecule has 0 spiro atoms. The Labute approximate surface area is 210 Å². The molecule has 0 unspecified atom stereocenters. The van der Waals surface area contributed by atoms with Crippen LogP contribution in [0.25, 0.3) is 33.7 Å². The van der Waals surface area contributed by atoms with Crippen molar-refractivity contribution in [1.29, 1.82) is 5.26 Å². The fourth-order valence-corrected chi connectivity index (χ4v) is 4.17. The normalized spacial score (nSPS) is 10.9. The monoisotopic (exact) mass is 471 g/mol. The van der Waals surface area contributed by atoms with E-state index in [-0.39, 0.29) is 11.8 Å². The molecule has 0 saturated carbocycles. The van der Waals surface area contributed by atoms with Gasteiger partial charge in [-0.2, -0.15) is 5.26 Å². The molecule has 5 nitrogen and oxygen atoms in total. The van der Waals surface area contributed by atoms with Crippen molar-refractivity contribution in [3.8, 4) is 28.7 Å². The number of carbonyl (C=O) groups is 1. The summed E-state index contributed by atoms with van der Waals surface area (Å²) in [7, 11) is 0. The van der Waals surface area contributed by atoms with Crippen molar-refractivity contribution in [2.45, 2.75) is 26.3 Å². The second-order valence-corrected chi connectivity index (χ2v) is 9.02. The molecule has 176 valence electrons. The Morgan fingerprint density at radius 2 is 1.58 bits per heavy atom. The van der Waals surface area contributed by atoms with Crippen LogP contribution in [0.4, 0.5) is 0 Å². The van der Waals surface area contributed by atoms with Crippen molar-refractivity contribution >= 4 is 17.0 Å². The van der Waals surface area contributed by atoms with Crippen molar-refractivity contribution in [1.82, 2.24) is 10.3 Å². The van der Waals surface area contributed by atoms with E-state index in [2.05, 4.69) is 54.5 Å². The third kappa shape index (κ3) is 4.75. The summed E-state index contributed by atoms with van der Waals surface area (Å²) < 4.78 is 6.07. The molecule has 0 bridgehead atoms. The number of benzene rings is 4. The summed E-state index contributed by atoms with van der Waals surface area (Å²) in [6.45, 7) is 4.56. The molecule has 0 aliphatic rings. The van der Waals surface area contributed by atoms with Crippen LogP contribution in [0.2, 0.25) is 0 Å². The van der Waals surface area contributed by atoms with Gasteiger partial charge in [0.15, 0.2) is 5.58 Å². The fourth-order valence-electron chi connectivity index (χ4n) is 4.17. The summed E-state index contributed by atoms with van der Waals surface area (Å²) >= 11 is 0. The Balaban J connectivity index is 1.28. The van der Waals surface area contributed by atoms with Crippen LogP contribution < -0.4 is 5.32 Å². The van der Waals surface area contributed by atoms with E-state index < -0.39 is 0 Å². The highest BCUT2D eigenvalue weighted by Gasteiger charge is 2.16. The molecule has 4 aromatic carbocycles. The highest BCUT2D eigenvalue weighted by molar-refractivity contribution is 5.94. The average molecular weight is 472 g/mol. The maximum Gasteiger partial charge on any atom is 0.251 e. The standard InChI is InChI=1S/C31H25N3O2/c1-20(2)27-16-22(18-32)17-28-29(27)36-31(34-28)26-14-12-25(13-15-26)30(35)33-19-21-8-10-24(11-9-21)23-6-4-3-5-7-23/h3-17,20H,19H2,1-2H3,(H,33,35). The van der Waals surface area contributed by atoms with Crippen molar-refractivity contribution in [2.24, 2.45) is 0 Å². The summed E-state index contributed by atoms with van der Waals surface area (Å²) in [4.78, 5) is 17.3. The number of aromatic nitrogens is 1. The number of nitrogens with one attached hydrogen (secondary N) is 1. The molecule has 5 heteroatoms. The lowest BCUT2D eigenvalue weighted by Gasteiger charge is -2.07. The van der Waals surface area contributed by atoms with Crippen LogP contribution >= 0.6 is 0 Å². The van der Waals surface area contributed by atoms with Gasteiger partial charge in [-0.05, 0) is 59.0 Å². The Hall–Kier alpha value is -4.69. The third-order valence-corrected chi connectivity index (χ3v) is 6.18. The Morgan fingerprint density at radius 1 is 0.917 bits per heavy atom. The van der Waals surface area contributed by atoms with Gasteiger partial charge in [0.1, 0.15) is 5.52 Å². The molecule has 0 radical (unpaired) electrons. The average Bonchev–Trinajstić information content (AvgIpc) is 3.36. The highest BCUT2D eigenvalue weighted by Crippen LogP contribution is 2.31. The lowest BCUT2D eigenvalue weighted by molar-refractivity contribution is 0.0951. The zero-order valence-electron chi connectivity index (χ0n) is 20.2. The minimum absolute atomic E-state index is 0.146. The molecule has 1 heterocycles. The zero-order valence-corrected chi connectivity index (χ0v) is 20.2. The summed E-state index contributed by atoms with van der Waals surface area (Å²) in [5.41, 5.74) is 7.54. The molecule has 0 atom stereocenters. The molecule has 0 saturated heterocycles. The molecule has 1 N–H and O–H groups in total. The summed E-state index contributed by atoms with van der Waals surface area (Å²) in [5.74, 6) is 0.515. The van der Waals surface area contributed by atoms with Crippen molar-refractivity contribution in [2.75, 3.05) is 0 Å². The van der Waals surface area contributed by atoms with E-state index in [0.717, 1.165) is 27.8 Å². The summed E-state index contributed by atoms with van der Waals surface area (Å²) in [6.07, 6.45) is 0. The van der Waals surface area contributed by atoms with Gasteiger partial charge >= 0.3 is 0 Å². The van der Waals surface area contributed by atoms with Gasteiger partial charge in [-0.1, -0.05) is 68.4 Å². The van der Waals surface area contributed by atoms with Crippen molar-refractivity contribution in [3.63, 3.8) is 0 Å². The first-order chi connectivity index (χ1) is 17.5. The molecule has 5 rings (SSSR count). The Bertz CT molecular complexity index is 1560. The molecule has 0 aliphatic heterocycles. The number of nitrogens with zero attached hydrogens (tertiary/aromatic N) is 2. The van der Waals surface area contributed by atoms with Crippen LogP contribution in [0.1, 0.15) is 46.8 Å². The number of amides is 1. The number of oxazole rings is 1. The van der Waals surface area contributed by atoms with E-state index in [9.17, 15) is 10.1 Å². The number of hydrogen-bond acceptors (Lipinski definition) is 4. The number of rotatable bonds is 6. The van der Waals surface area contributed by atoms with Gasteiger partial charge in [-0.15, -0.1) is 0 Å². The zero-order chi connectivity index (χ0) is 25.1. The second-order valence-electron chi connectivity index (χ2n) is 9.02. The van der Waals surface area contributed by atoms with Gasteiger partial charge < -0.3 is 9.73 Å². The quantitative estimate of drug-likeness (QED) is 0.287. The second kappa shape index (κ2) is 9.89. The van der Waals surface area contributed by atoms with E-state index in [1.165, 1.54) is 0 Å². The van der Waals surface area contributed by atoms with Gasteiger partial charge in [-0.3, -0.25) is 4.79 Å². The summed E-state index contributed by atoms with van der Waals surface area (Å²) in [6, 6.07) is 31.4. The maximum absolute atomic E-state index is 12.7. The van der Waals surface area contributed by atoms with Crippen LogP contribution in [-0.2, 0) is 6.54 Å². The summed E-state index contributed by atoms with van der Waals surface area (Å²) in [5, 5.41) is 12.3. The van der Waals surface area contributed by atoms with Gasteiger partial charge in [0.25, 0.3) is 5.91 Å². The SMILES string of the molecule is CC(C)c1cc(C#N)cc2nc(-c3ccc(C(=O)NCc4ccc(-c5ccccc5)cc4)cc3)oc12. The molecule has 1 amide bonds. The predicted molar refractivity (Wildman–Crippen MR) is 141 cm³/mol. The molecule has 36 heavy (non-hydrogen) atoms. The topological polar surface area (TPSA) is 78.9 Å². The number of nitriles is 1. The van der Waals surface area contributed by atoms with Gasteiger partial charge in [-0.25, -0.2) is 4.98 Å². The molecular weight excluding hydrogens is 446 g/mol. The molecule has 5 aromatic rings. The van der Waals surface area contributed by atoms with Gasteiger partial charge in [0.05, 0.1) is 11.6 Å². The highest BCUT2D eigenvalue weighted by atomic mass is 16.3. The fraction of sp³-hybridized carbons (Fsp3) is 0.129. The van der Waals surface area contributed by atoms with E-state index in [1.54, 1.807) is 18.2 Å². The number of fused-ring (bicyclic) bond motifs is 1. The smallest absolute Gasteiger partial charge is 0.251 e.